The number of benzene rings is 1. The molecule has 0 radical (unpaired) electrons. The molecule has 0 aromatic heterocycles. The van der Waals surface area contributed by atoms with Crippen LogP contribution in [-0.4, -0.2) is 32.2 Å². The molecule has 1 amide bonds. The minimum absolute atomic E-state index is 0.0342. The second-order valence-corrected chi connectivity index (χ2v) is 5.30. The zero-order chi connectivity index (χ0) is 14.0. The van der Waals surface area contributed by atoms with Crippen molar-refractivity contribution in [2.45, 2.75) is 26.8 Å². The summed E-state index contributed by atoms with van der Waals surface area (Å²) in [6, 6.07) is 4.28. The largest absolute Gasteiger partial charge is 0.379 e. The average molecular weight is 262 g/mol. The summed E-state index contributed by atoms with van der Waals surface area (Å²) in [5, 5.41) is 6.19. The van der Waals surface area contributed by atoms with Crippen LogP contribution in [0, 0.1) is 26.7 Å². The summed E-state index contributed by atoms with van der Waals surface area (Å²) < 4.78 is 5.38. The van der Waals surface area contributed by atoms with Crippen LogP contribution in [-0.2, 0) is 9.53 Å². The molecule has 19 heavy (non-hydrogen) atoms. The van der Waals surface area contributed by atoms with E-state index in [-0.39, 0.29) is 17.9 Å². The van der Waals surface area contributed by atoms with Crippen LogP contribution < -0.4 is 10.6 Å². The molecule has 2 N–H and O–H groups in total. The predicted molar refractivity (Wildman–Crippen MR) is 76.4 cm³/mol. The first-order chi connectivity index (χ1) is 9.02. The van der Waals surface area contributed by atoms with Gasteiger partial charge in [0, 0.05) is 11.7 Å². The van der Waals surface area contributed by atoms with Crippen LogP contribution in [0.25, 0.3) is 0 Å². The zero-order valence-electron chi connectivity index (χ0n) is 12.0. The number of hydrogen-bond acceptors (Lipinski definition) is 3. The number of ether oxygens (including phenoxy) is 1. The lowest BCUT2D eigenvalue weighted by atomic mass is 10.0. The van der Waals surface area contributed by atoms with Crippen LogP contribution in [0.1, 0.15) is 16.7 Å². The number of carbonyl (C=O) groups is 1. The molecule has 1 fully saturated rings. The fourth-order valence-electron chi connectivity index (χ4n) is 2.69. The van der Waals surface area contributed by atoms with Crippen molar-refractivity contribution in [2.75, 3.05) is 25.6 Å². The molecule has 1 aromatic carbocycles. The van der Waals surface area contributed by atoms with Gasteiger partial charge >= 0.3 is 0 Å². The molecule has 1 heterocycles. The summed E-state index contributed by atoms with van der Waals surface area (Å²) in [4.78, 5) is 12.3. The Morgan fingerprint density at radius 2 is 1.84 bits per heavy atom. The molecule has 0 saturated carbocycles. The molecule has 2 rings (SSSR count). The third kappa shape index (κ3) is 2.96. The van der Waals surface area contributed by atoms with Gasteiger partial charge in [0.15, 0.2) is 0 Å². The molecule has 0 aliphatic carbocycles. The molecule has 2 atom stereocenters. The van der Waals surface area contributed by atoms with Gasteiger partial charge in [-0.15, -0.1) is 0 Å². The van der Waals surface area contributed by atoms with E-state index in [4.69, 9.17) is 4.74 Å². The highest BCUT2D eigenvalue weighted by Crippen LogP contribution is 2.24. The first-order valence-corrected chi connectivity index (χ1v) is 6.66. The fraction of sp³-hybridized carbons (Fsp3) is 0.533. The van der Waals surface area contributed by atoms with Crippen molar-refractivity contribution in [3.63, 3.8) is 0 Å². The predicted octanol–water partition coefficient (Wildman–Crippen LogP) is 1.78. The van der Waals surface area contributed by atoms with Gasteiger partial charge in [-0.25, -0.2) is 0 Å². The van der Waals surface area contributed by atoms with Gasteiger partial charge in [0.05, 0.1) is 19.1 Å². The minimum Gasteiger partial charge on any atom is -0.379 e. The summed E-state index contributed by atoms with van der Waals surface area (Å²) in [6.07, 6.45) is 0. The van der Waals surface area contributed by atoms with Crippen LogP contribution in [0.2, 0.25) is 0 Å². The molecular weight excluding hydrogens is 240 g/mol. The number of nitrogens with one attached hydrogen (secondary N) is 2. The molecule has 1 saturated heterocycles. The van der Waals surface area contributed by atoms with Crippen molar-refractivity contribution in [2.24, 2.45) is 5.92 Å². The summed E-state index contributed by atoms with van der Waals surface area (Å²) in [5.41, 5.74) is 4.35. The molecule has 104 valence electrons. The van der Waals surface area contributed by atoms with Gasteiger partial charge in [0.25, 0.3) is 0 Å². The maximum atomic E-state index is 12.3. The van der Waals surface area contributed by atoms with Crippen molar-refractivity contribution in [1.29, 1.82) is 0 Å². The third-order valence-corrected chi connectivity index (χ3v) is 3.71. The van der Waals surface area contributed by atoms with E-state index in [1.165, 1.54) is 5.56 Å². The van der Waals surface area contributed by atoms with E-state index in [0.717, 1.165) is 16.8 Å². The second kappa shape index (κ2) is 5.72. The topological polar surface area (TPSA) is 50.4 Å². The quantitative estimate of drug-likeness (QED) is 0.873. The van der Waals surface area contributed by atoms with Crippen LogP contribution >= 0.6 is 0 Å². The highest BCUT2D eigenvalue weighted by atomic mass is 16.5. The summed E-state index contributed by atoms with van der Waals surface area (Å²) in [6.45, 7) is 7.20. The van der Waals surface area contributed by atoms with Crippen LogP contribution in [0.3, 0.4) is 0 Å². The van der Waals surface area contributed by atoms with Gasteiger partial charge in [-0.05, 0) is 38.9 Å². The molecule has 4 nitrogen and oxygen atoms in total. The summed E-state index contributed by atoms with van der Waals surface area (Å²) in [5.74, 6) is -0.0861. The molecule has 1 aliphatic heterocycles. The number of anilines is 1. The van der Waals surface area contributed by atoms with Crippen molar-refractivity contribution in [3.8, 4) is 0 Å². The Kier molecular flexibility index (Phi) is 4.22. The Bertz CT molecular complexity index is 462. The molecule has 1 aliphatic rings. The van der Waals surface area contributed by atoms with E-state index in [0.29, 0.717) is 13.2 Å². The Hall–Kier alpha value is -1.39. The van der Waals surface area contributed by atoms with Crippen LogP contribution in [0.4, 0.5) is 5.69 Å². The van der Waals surface area contributed by atoms with Gasteiger partial charge in [-0.3, -0.25) is 4.79 Å². The molecular formula is C15H22N2O2. The minimum atomic E-state index is -0.120. The average Bonchev–Trinajstić information content (AvgIpc) is 2.81. The van der Waals surface area contributed by atoms with Crippen LogP contribution in [0.5, 0.6) is 0 Å². The lowest BCUT2D eigenvalue weighted by Crippen LogP contribution is -2.39. The van der Waals surface area contributed by atoms with E-state index >= 15 is 0 Å². The van der Waals surface area contributed by atoms with Gasteiger partial charge in [-0.2, -0.15) is 0 Å². The molecule has 2 unspecified atom stereocenters. The highest BCUT2D eigenvalue weighted by Gasteiger charge is 2.33. The Labute approximate surface area is 114 Å². The van der Waals surface area contributed by atoms with E-state index in [9.17, 15) is 4.79 Å². The SMILES string of the molecule is CNC1COCC1C(=O)Nc1c(C)cc(C)cc1C. The third-order valence-electron chi connectivity index (χ3n) is 3.71. The van der Waals surface area contributed by atoms with Crippen LogP contribution in [0.15, 0.2) is 12.1 Å². The molecule has 0 bridgehead atoms. The maximum absolute atomic E-state index is 12.3. The fourth-order valence-corrected chi connectivity index (χ4v) is 2.69. The van der Waals surface area contributed by atoms with Gasteiger partial charge < -0.3 is 15.4 Å². The Balaban J connectivity index is 2.15. The number of aryl methyl sites for hydroxylation is 3. The van der Waals surface area contributed by atoms with E-state index < -0.39 is 0 Å². The second-order valence-electron chi connectivity index (χ2n) is 5.30. The number of rotatable bonds is 3. The van der Waals surface area contributed by atoms with E-state index in [1.54, 1.807) is 0 Å². The van der Waals surface area contributed by atoms with Crippen molar-refractivity contribution in [1.82, 2.24) is 5.32 Å². The molecule has 0 spiro atoms. The normalized spacial score (nSPS) is 22.5. The lowest BCUT2D eigenvalue weighted by molar-refractivity contribution is -0.120. The monoisotopic (exact) mass is 262 g/mol. The first-order valence-electron chi connectivity index (χ1n) is 6.66. The maximum Gasteiger partial charge on any atom is 0.231 e. The van der Waals surface area contributed by atoms with E-state index in [2.05, 4.69) is 29.7 Å². The number of amides is 1. The number of hydrogen-bond donors (Lipinski definition) is 2. The van der Waals surface area contributed by atoms with Crippen molar-refractivity contribution in [3.05, 3.63) is 28.8 Å². The Morgan fingerprint density at radius 3 is 2.42 bits per heavy atom. The zero-order valence-corrected chi connectivity index (χ0v) is 12.0. The molecule has 4 heteroatoms. The van der Waals surface area contributed by atoms with Gasteiger partial charge in [0.2, 0.25) is 5.91 Å². The summed E-state index contributed by atoms with van der Waals surface area (Å²) in [7, 11) is 1.86. The number of carbonyl (C=O) groups excluding carboxylic acids is 1. The summed E-state index contributed by atoms with van der Waals surface area (Å²) >= 11 is 0. The first kappa shape index (κ1) is 14.0. The van der Waals surface area contributed by atoms with E-state index in [1.807, 2.05) is 20.9 Å². The Morgan fingerprint density at radius 1 is 1.21 bits per heavy atom. The number of likely N-dealkylation sites (N-methyl/N-ethyl adjacent to an activating group) is 1. The van der Waals surface area contributed by atoms with Gasteiger partial charge in [-0.1, -0.05) is 17.7 Å². The van der Waals surface area contributed by atoms with Gasteiger partial charge in [0.1, 0.15) is 0 Å². The highest BCUT2D eigenvalue weighted by molar-refractivity contribution is 5.94. The molecule has 1 aromatic rings. The van der Waals surface area contributed by atoms with Crippen molar-refractivity contribution >= 4 is 11.6 Å². The lowest BCUT2D eigenvalue weighted by Gasteiger charge is -2.19. The standard InChI is InChI=1S/C15H22N2O2/c1-9-5-10(2)14(11(3)6-9)17-15(18)12-7-19-8-13(12)16-4/h5-6,12-13,16H,7-8H2,1-4H3,(H,17,18). The van der Waals surface area contributed by atoms with Crippen molar-refractivity contribution < 1.29 is 9.53 Å². The smallest absolute Gasteiger partial charge is 0.231 e.